The van der Waals surface area contributed by atoms with E-state index in [4.69, 9.17) is 34.9 Å². The van der Waals surface area contributed by atoms with Crippen molar-refractivity contribution in [2.75, 3.05) is 0 Å². The first kappa shape index (κ1) is 39.6. The minimum absolute atomic E-state index is 0.518. The molecule has 9 nitrogen and oxygen atoms in total. The van der Waals surface area contributed by atoms with E-state index >= 15 is 0 Å². The number of benzene rings is 6. The van der Waals surface area contributed by atoms with Gasteiger partial charge in [0.25, 0.3) is 0 Å². The van der Waals surface area contributed by atoms with Crippen LogP contribution in [-0.4, -0.2) is 44.9 Å². The van der Waals surface area contributed by atoms with Gasteiger partial charge in [-0.05, 0) is 76.9 Å². The fraction of sp³-hybridized carbons (Fsp3) is 0. The Morgan fingerprint density at radius 3 is 0.788 bits per heavy atom. The molecular weight excluding hydrogens is 811 g/mol. The molecule has 0 aliphatic heterocycles. The van der Waals surface area contributed by atoms with Crippen LogP contribution in [0.15, 0.2) is 225 Å². The molecule has 0 saturated carbocycles. The van der Waals surface area contributed by atoms with E-state index in [0.29, 0.717) is 34.9 Å². The van der Waals surface area contributed by atoms with Crippen molar-refractivity contribution in [1.29, 1.82) is 0 Å². The topological polar surface area (TPSA) is 116 Å². The molecule has 66 heavy (non-hydrogen) atoms. The van der Waals surface area contributed by atoms with Crippen LogP contribution in [0.1, 0.15) is 0 Å². The second kappa shape index (κ2) is 17.9. The Morgan fingerprint density at radius 2 is 0.470 bits per heavy atom. The van der Waals surface area contributed by atoms with Crippen LogP contribution in [0.2, 0.25) is 0 Å². The summed E-state index contributed by atoms with van der Waals surface area (Å²) in [5, 5.41) is 0. The van der Waals surface area contributed by atoms with Crippen molar-refractivity contribution in [2.24, 2.45) is 0 Å². The first-order valence-electron chi connectivity index (χ1n) is 21.5. The third-order valence-corrected chi connectivity index (χ3v) is 11.1. The van der Waals surface area contributed by atoms with Gasteiger partial charge in [-0.3, -0.25) is 9.97 Å². The molecule has 5 heterocycles. The van der Waals surface area contributed by atoms with Crippen LogP contribution in [0.3, 0.4) is 0 Å². The minimum Gasteiger partial charge on any atom is -0.255 e. The Bertz CT molecular complexity index is 3110. The summed E-state index contributed by atoms with van der Waals surface area (Å²) in [6.45, 7) is 0. The summed E-state index contributed by atoms with van der Waals surface area (Å²) in [4.78, 5) is 44.7. The Labute approximate surface area is 381 Å². The fourth-order valence-corrected chi connectivity index (χ4v) is 7.77. The van der Waals surface area contributed by atoms with E-state index in [9.17, 15) is 0 Å². The fourth-order valence-electron chi connectivity index (χ4n) is 7.77. The standard InChI is InChI=1S/C57H37N9/c1-5-17-40(18-6-1)52-61-53(41-19-7-2-8-20-41)64-56(63-52)46-33-44(34-47(35-46)57-65-54(42-21-9-3-10-22-42)62-55(66-57)43-23-11-4-12-24-43)38-27-29-39(30-28-38)45-36-50(48-25-13-15-31-58-48)60-51(37-45)49-26-14-16-32-59-49/h1-37H. The normalized spacial score (nSPS) is 11.0. The van der Waals surface area contributed by atoms with E-state index < -0.39 is 0 Å². The van der Waals surface area contributed by atoms with Crippen molar-refractivity contribution < 1.29 is 0 Å². The number of nitrogens with zero attached hydrogens (tertiary/aromatic N) is 9. The molecule has 9 heteroatoms. The largest absolute Gasteiger partial charge is 0.255 e. The highest BCUT2D eigenvalue weighted by Crippen LogP contribution is 2.36. The van der Waals surface area contributed by atoms with Gasteiger partial charge < -0.3 is 0 Å². The predicted octanol–water partition coefficient (Wildman–Crippen LogP) is 12.9. The van der Waals surface area contributed by atoms with E-state index in [1.54, 1.807) is 12.4 Å². The molecule has 0 spiro atoms. The van der Waals surface area contributed by atoms with Crippen molar-refractivity contribution in [3.8, 4) is 113 Å². The molecular formula is C57H37N9. The second-order valence-electron chi connectivity index (χ2n) is 15.5. The molecule has 11 rings (SSSR count). The first-order chi connectivity index (χ1) is 32.7. The summed E-state index contributed by atoms with van der Waals surface area (Å²) in [5.74, 6) is 3.32. The van der Waals surface area contributed by atoms with E-state index in [0.717, 1.165) is 78.4 Å². The lowest BCUT2D eigenvalue weighted by atomic mass is 9.96. The third-order valence-electron chi connectivity index (χ3n) is 11.1. The minimum atomic E-state index is 0.518. The average Bonchev–Trinajstić information content (AvgIpc) is 3.42. The van der Waals surface area contributed by atoms with Gasteiger partial charge in [0.2, 0.25) is 0 Å². The monoisotopic (exact) mass is 847 g/mol. The zero-order chi connectivity index (χ0) is 44.1. The maximum absolute atomic E-state index is 5.13. The van der Waals surface area contributed by atoms with E-state index in [1.807, 2.05) is 158 Å². The quantitative estimate of drug-likeness (QED) is 0.133. The number of aromatic nitrogens is 9. The average molecular weight is 848 g/mol. The SMILES string of the molecule is c1ccc(-c2nc(-c3ccccc3)nc(-c3cc(-c4ccc(-c5cc(-c6ccccn6)nc(-c6ccccn6)c5)cc4)cc(-c4nc(-c5ccccc5)nc(-c5ccccc5)n4)c3)n2)cc1. The van der Waals surface area contributed by atoms with Crippen LogP contribution in [0.25, 0.3) is 113 Å². The maximum Gasteiger partial charge on any atom is 0.164 e. The Hall–Kier alpha value is -9.21. The third kappa shape index (κ3) is 8.47. The molecule has 0 aliphatic carbocycles. The van der Waals surface area contributed by atoms with Gasteiger partial charge >= 0.3 is 0 Å². The zero-order valence-electron chi connectivity index (χ0n) is 35.4. The molecule has 11 aromatic rings. The number of pyridine rings is 3. The molecule has 0 unspecified atom stereocenters. The first-order valence-corrected chi connectivity index (χ1v) is 21.5. The van der Waals surface area contributed by atoms with Gasteiger partial charge in [-0.25, -0.2) is 34.9 Å². The molecule has 0 fully saturated rings. The summed E-state index contributed by atoms with van der Waals surface area (Å²) in [7, 11) is 0. The van der Waals surface area contributed by atoms with Crippen molar-refractivity contribution in [2.45, 2.75) is 0 Å². The van der Waals surface area contributed by atoms with Gasteiger partial charge in [0.05, 0.1) is 22.8 Å². The van der Waals surface area contributed by atoms with Crippen molar-refractivity contribution in [1.82, 2.24) is 44.9 Å². The number of rotatable bonds is 10. The Kier molecular flexibility index (Phi) is 10.7. The van der Waals surface area contributed by atoms with Crippen LogP contribution < -0.4 is 0 Å². The molecule has 0 bridgehead atoms. The highest BCUT2D eigenvalue weighted by atomic mass is 15.0. The summed E-state index contributed by atoms with van der Waals surface area (Å²) >= 11 is 0. The summed E-state index contributed by atoms with van der Waals surface area (Å²) in [5.41, 5.74) is 12.1. The van der Waals surface area contributed by atoms with Gasteiger partial charge in [-0.1, -0.05) is 158 Å². The molecule has 0 aliphatic rings. The lowest BCUT2D eigenvalue weighted by Crippen LogP contribution is -2.02. The van der Waals surface area contributed by atoms with E-state index in [1.165, 1.54) is 0 Å². The summed E-state index contributed by atoms with van der Waals surface area (Å²) in [6, 6.07) is 70.7. The Balaban J connectivity index is 1.09. The van der Waals surface area contributed by atoms with Gasteiger partial charge in [-0.15, -0.1) is 0 Å². The summed E-state index contributed by atoms with van der Waals surface area (Å²) in [6.07, 6.45) is 3.57. The molecule has 6 aromatic carbocycles. The molecule has 0 N–H and O–H groups in total. The smallest absolute Gasteiger partial charge is 0.164 e. The van der Waals surface area contributed by atoms with Gasteiger partial charge in [0.15, 0.2) is 34.9 Å². The van der Waals surface area contributed by atoms with Gasteiger partial charge in [0, 0.05) is 45.8 Å². The van der Waals surface area contributed by atoms with Crippen LogP contribution in [-0.2, 0) is 0 Å². The lowest BCUT2D eigenvalue weighted by molar-refractivity contribution is 1.07. The van der Waals surface area contributed by atoms with Crippen molar-refractivity contribution in [3.05, 3.63) is 225 Å². The van der Waals surface area contributed by atoms with E-state index in [-0.39, 0.29) is 0 Å². The summed E-state index contributed by atoms with van der Waals surface area (Å²) < 4.78 is 0. The van der Waals surface area contributed by atoms with Crippen LogP contribution >= 0.6 is 0 Å². The molecule has 0 atom stereocenters. The number of hydrogen-bond donors (Lipinski definition) is 0. The molecule has 5 aromatic heterocycles. The lowest BCUT2D eigenvalue weighted by Gasteiger charge is -2.14. The van der Waals surface area contributed by atoms with Crippen LogP contribution in [0, 0.1) is 0 Å². The van der Waals surface area contributed by atoms with Crippen molar-refractivity contribution in [3.63, 3.8) is 0 Å². The Morgan fingerprint density at radius 1 is 0.182 bits per heavy atom. The predicted molar refractivity (Wildman–Crippen MR) is 261 cm³/mol. The highest BCUT2D eigenvalue weighted by Gasteiger charge is 2.18. The second-order valence-corrected chi connectivity index (χ2v) is 15.5. The van der Waals surface area contributed by atoms with E-state index in [2.05, 4.69) is 64.6 Å². The molecule has 0 amide bonds. The van der Waals surface area contributed by atoms with Gasteiger partial charge in [-0.2, -0.15) is 0 Å². The van der Waals surface area contributed by atoms with Gasteiger partial charge in [0.1, 0.15) is 0 Å². The molecule has 310 valence electrons. The van der Waals surface area contributed by atoms with Crippen LogP contribution in [0.4, 0.5) is 0 Å². The zero-order valence-corrected chi connectivity index (χ0v) is 35.4. The maximum atomic E-state index is 5.13. The van der Waals surface area contributed by atoms with Crippen molar-refractivity contribution >= 4 is 0 Å². The van der Waals surface area contributed by atoms with Crippen LogP contribution in [0.5, 0.6) is 0 Å². The molecule has 0 radical (unpaired) electrons. The highest BCUT2D eigenvalue weighted by molar-refractivity contribution is 5.82. The number of hydrogen-bond acceptors (Lipinski definition) is 9. The molecule has 0 saturated heterocycles.